The topological polar surface area (TPSA) is 49.4 Å². The molecule has 0 saturated carbocycles. The van der Waals surface area contributed by atoms with E-state index in [9.17, 15) is 9.59 Å². The second-order valence-electron chi connectivity index (χ2n) is 9.68. The Balaban J connectivity index is 1.87. The number of halogens is 2. The van der Waals surface area contributed by atoms with E-state index in [1.807, 2.05) is 99.6 Å². The van der Waals surface area contributed by atoms with Crippen molar-refractivity contribution < 1.29 is 9.59 Å². The normalized spacial score (nSPS) is 12.1. The molecule has 0 aliphatic rings. The highest BCUT2D eigenvalue weighted by atomic mass is 79.9. The molecule has 190 valence electrons. The second-order valence-corrected chi connectivity index (χ2v) is 12.0. The summed E-state index contributed by atoms with van der Waals surface area (Å²) >= 11 is 11.3. The van der Waals surface area contributed by atoms with Gasteiger partial charge in [0.2, 0.25) is 11.8 Å². The van der Waals surface area contributed by atoms with Crippen LogP contribution >= 0.6 is 39.3 Å². The maximum atomic E-state index is 13.7. The van der Waals surface area contributed by atoms with Crippen LogP contribution in [-0.4, -0.2) is 34.0 Å². The highest BCUT2D eigenvalue weighted by molar-refractivity contribution is 9.10. The molecular formula is C29H32BrClN2O2S. The van der Waals surface area contributed by atoms with E-state index in [1.165, 1.54) is 11.8 Å². The van der Waals surface area contributed by atoms with E-state index in [2.05, 4.69) is 21.2 Å². The van der Waals surface area contributed by atoms with Crippen LogP contribution in [0.1, 0.15) is 37.5 Å². The van der Waals surface area contributed by atoms with Gasteiger partial charge in [0, 0.05) is 33.8 Å². The Labute approximate surface area is 231 Å². The minimum absolute atomic E-state index is 0.0834. The number of rotatable bonds is 10. The van der Waals surface area contributed by atoms with Crippen molar-refractivity contribution in [2.75, 3.05) is 5.75 Å². The average molecular weight is 588 g/mol. The van der Waals surface area contributed by atoms with Crippen molar-refractivity contribution in [2.45, 2.75) is 51.1 Å². The van der Waals surface area contributed by atoms with E-state index in [4.69, 9.17) is 11.6 Å². The molecule has 2 amide bonds. The lowest BCUT2D eigenvalue weighted by Gasteiger charge is -2.34. The van der Waals surface area contributed by atoms with Crippen LogP contribution in [0.15, 0.2) is 83.3 Å². The quantitative estimate of drug-likeness (QED) is 0.281. The largest absolute Gasteiger partial charge is 0.350 e. The summed E-state index contributed by atoms with van der Waals surface area (Å²) in [4.78, 5) is 29.0. The molecular weight excluding hydrogens is 556 g/mol. The summed E-state index contributed by atoms with van der Waals surface area (Å²) < 4.78 is 0.964. The number of amides is 2. The first-order valence-electron chi connectivity index (χ1n) is 11.8. The van der Waals surface area contributed by atoms with Gasteiger partial charge in [0.05, 0.1) is 5.75 Å². The number of nitrogens with one attached hydrogen (secondary N) is 1. The highest BCUT2D eigenvalue weighted by Crippen LogP contribution is 2.23. The van der Waals surface area contributed by atoms with Gasteiger partial charge < -0.3 is 10.2 Å². The van der Waals surface area contributed by atoms with Crippen LogP contribution in [0.3, 0.4) is 0 Å². The van der Waals surface area contributed by atoms with E-state index >= 15 is 0 Å². The number of carbonyl (C=O) groups excluding carboxylic acids is 2. The molecule has 0 fully saturated rings. The summed E-state index contributed by atoms with van der Waals surface area (Å²) in [7, 11) is 0. The summed E-state index contributed by atoms with van der Waals surface area (Å²) in [5.74, 6) is 0.623. The zero-order valence-corrected chi connectivity index (χ0v) is 24.0. The summed E-state index contributed by atoms with van der Waals surface area (Å²) in [6.45, 7) is 6.19. The van der Waals surface area contributed by atoms with Crippen molar-refractivity contribution in [3.63, 3.8) is 0 Å². The van der Waals surface area contributed by atoms with Gasteiger partial charge in [0.15, 0.2) is 0 Å². The molecule has 0 saturated heterocycles. The Morgan fingerprint density at radius 2 is 1.58 bits per heavy atom. The molecule has 0 heterocycles. The van der Waals surface area contributed by atoms with Gasteiger partial charge in [-0.3, -0.25) is 9.59 Å². The van der Waals surface area contributed by atoms with E-state index in [0.29, 0.717) is 23.7 Å². The van der Waals surface area contributed by atoms with E-state index < -0.39 is 11.6 Å². The third kappa shape index (κ3) is 8.99. The molecule has 0 radical (unpaired) electrons. The van der Waals surface area contributed by atoms with Gasteiger partial charge in [-0.2, -0.15) is 0 Å². The minimum Gasteiger partial charge on any atom is -0.350 e. The van der Waals surface area contributed by atoms with E-state index in [-0.39, 0.29) is 17.6 Å². The molecule has 0 bridgehead atoms. The molecule has 0 aromatic heterocycles. The molecule has 1 N–H and O–H groups in total. The van der Waals surface area contributed by atoms with Crippen molar-refractivity contribution in [1.82, 2.24) is 10.2 Å². The number of thioether (sulfide) groups is 1. The highest BCUT2D eigenvalue weighted by Gasteiger charge is 2.32. The van der Waals surface area contributed by atoms with Gasteiger partial charge >= 0.3 is 0 Å². The Bertz CT molecular complexity index is 1150. The number of hydrogen-bond donors (Lipinski definition) is 1. The number of benzene rings is 3. The van der Waals surface area contributed by atoms with E-state index in [1.54, 1.807) is 4.90 Å². The predicted molar refractivity (Wildman–Crippen MR) is 154 cm³/mol. The minimum atomic E-state index is -0.649. The van der Waals surface area contributed by atoms with Crippen LogP contribution < -0.4 is 5.32 Å². The third-order valence-corrected chi connectivity index (χ3v) is 7.34. The monoisotopic (exact) mass is 586 g/mol. The summed E-state index contributed by atoms with van der Waals surface area (Å²) in [5, 5.41) is 3.79. The van der Waals surface area contributed by atoms with Gasteiger partial charge in [-0.25, -0.2) is 0 Å². The molecule has 0 unspecified atom stereocenters. The summed E-state index contributed by atoms with van der Waals surface area (Å²) in [6, 6.07) is 24.7. The van der Waals surface area contributed by atoms with Crippen LogP contribution in [0, 0.1) is 0 Å². The SMILES string of the molecule is CC(C)(C)NC(=O)[C@@H](Cc1ccccc1)N(Cc1ccc(Br)cc1)C(=O)CSCc1ccccc1Cl. The van der Waals surface area contributed by atoms with Crippen molar-refractivity contribution >= 4 is 51.1 Å². The van der Waals surface area contributed by atoms with Gasteiger partial charge in [0.1, 0.15) is 6.04 Å². The zero-order chi connectivity index (χ0) is 26.1. The molecule has 0 aliphatic carbocycles. The maximum absolute atomic E-state index is 13.7. The molecule has 36 heavy (non-hydrogen) atoms. The molecule has 3 rings (SSSR count). The van der Waals surface area contributed by atoms with Crippen LogP contribution in [0.4, 0.5) is 0 Å². The first kappa shape index (κ1) is 28.3. The standard InChI is InChI=1S/C29H32BrClN2O2S/c1-29(2,3)32-28(35)26(17-21-9-5-4-6-10-21)33(18-22-13-15-24(30)16-14-22)27(34)20-36-19-23-11-7-8-12-25(23)31/h4-16,26H,17-20H2,1-3H3,(H,32,35)/t26-/m1/s1. The average Bonchev–Trinajstić information content (AvgIpc) is 2.83. The lowest BCUT2D eigenvalue weighted by atomic mass is 10.0. The third-order valence-electron chi connectivity index (χ3n) is 5.48. The van der Waals surface area contributed by atoms with Crippen molar-refractivity contribution in [3.8, 4) is 0 Å². The van der Waals surface area contributed by atoms with Gasteiger partial charge in [-0.1, -0.05) is 88.2 Å². The molecule has 3 aromatic rings. The van der Waals surface area contributed by atoms with Crippen molar-refractivity contribution in [3.05, 3.63) is 105 Å². The molecule has 1 atom stereocenters. The molecule has 0 aliphatic heterocycles. The lowest BCUT2D eigenvalue weighted by molar-refractivity contribution is -0.140. The Morgan fingerprint density at radius 1 is 0.944 bits per heavy atom. The maximum Gasteiger partial charge on any atom is 0.243 e. The molecule has 3 aromatic carbocycles. The van der Waals surface area contributed by atoms with Crippen LogP contribution in [-0.2, 0) is 28.3 Å². The smallest absolute Gasteiger partial charge is 0.243 e. The Morgan fingerprint density at radius 3 is 2.22 bits per heavy atom. The summed E-state index contributed by atoms with van der Waals surface area (Å²) in [5.41, 5.74) is 2.54. The fraction of sp³-hybridized carbons (Fsp3) is 0.310. The lowest BCUT2D eigenvalue weighted by Crippen LogP contribution is -2.54. The van der Waals surface area contributed by atoms with Crippen LogP contribution in [0.2, 0.25) is 5.02 Å². The van der Waals surface area contributed by atoms with Gasteiger partial charge in [-0.15, -0.1) is 11.8 Å². The first-order chi connectivity index (χ1) is 17.1. The zero-order valence-electron chi connectivity index (χ0n) is 20.8. The molecule has 7 heteroatoms. The number of hydrogen-bond acceptors (Lipinski definition) is 3. The predicted octanol–water partition coefficient (Wildman–Crippen LogP) is 6.89. The number of carbonyl (C=O) groups is 2. The van der Waals surface area contributed by atoms with Gasteiger partial charge in [-0.05, 0) is 55.7 Å². The van der Waals surface area contributed by atoms with E-state index in [0.717, 1.165) is 21.2 Å². The van der Waals surface area contributed by atoms with Crippen LogP contribution in [0.5, 0.6) is 0 Å². The van der Waals surface area contributed by atoms with Crippen molar-refractivity contribution in [1.29, 1.82) is 0 Å². The molecule has 0 spiro atoms. The number of nitrogens with zero attached hydrogens (tertiary/aromatic N) is 1. The summed E-state index contributed by atoms with van der Waals surface area (Å²) in [6.07, 6.45) is 0.431. The Kier molecular flexibility index (Phi) is 10.5. The van der Waals surface area contributed by atoms with Crippen molar-refractivity contribution in [2.24, 2.45) is 0 Å². The first-order valence-corrected chi connectivity index (χ1v) is 14.2. The van der Waals surface area contributed by atoms with Crippen LogP contribution in [0.25, 0.3) is 0 Å². The Hall–Kier alpha value is -2.28. The van der Waals surface area contributed by atoms with Gasteiger partial charge in [0.25, 0.3) is 0 Å². The fourth-order valence-electron chi connectivity index (χ4n) is 3.74. The molecule has 4 nitrogen and oxygen atoms in total. The second kappa shape index (κ2) is 13.3. The fourth-order valence-corrected chi connectivity index (χ4v) is 5.20.